The third kappa shape index (κ3) is 3.79. The summed E-state index contributed by atoms with van der Waals surface area (Å²) in [6, 6.07) is 5.69. The van der Waals surface area contributed by atoms with Gasteiger partial charge in [-0.15, -0.1) is 0 Å². The minimum atomic E-state index is 0.660. The Hall–Kier alpha value is -0.930. The van der Waals surface area contributed by atoms with E-state index in [4.69, 9.17) is 21.1 Å². The van der Waals surface area contributed by atoms with Crippen molar-refractivity contribution in [2.24, 2.45) is 5.92 Å². The van der Waals surface area contributed by atoms with Gasteiger partial charge in [0.25, 0.3) is 0 Å². The number of benzene rings is 1. The van der Waals surface area contributed by atoms with Crippen LogP contribution in [-0.4, -0.2) is 26.4 Å². The van der Waals surface area contributed by atoms with Crippen LogP contribution >= 0.6 is 11.6 Å². The van der Waals surface area contributed by atoms with Gasteiger partial charge in [0.1, 0.15) is 5.75 Å². The van der Waals surface area contributed by atoms with E-state index in [0.717, 1.165) is 49.1 Å². The lowest BCUT2D eigenvalue weighted by atomic mass is 10.0. The van der Waals surface area contributed by atoms with E-state index in [9.17, 15) is 0 Å². The van der Waals surface area contributed by atoms with Gasteiger partial charge in [-0.1, -0.05) is 11.6 Å². The van der Waals surface area contributed by atoms with Gasteiger partial charge < -0.3 is 14.8 Å². The Kier molecular flexibility index (Phi) is 5.14. The smallest absolute Gasteiger partial charge is 0.142 e. The van der Waals surface area contributed by atoms with Crippen LogP contribution in [0.1, 0.15) is 19.8 Å². The molecule has 0 spiro atoms. The summed E-state index contributed by atoms with van der Waals surface area (Å²) in [7, 11) is 0. The number of hydrogen-bond donors (Lipinski definition) is 1. The third-order valence-corrected chi connectivity index (χ3v) is 3.40. The van der Waals surface area contributed by atoms with Gasteiger partial charge in [0.15, 0.2) is 0 Å². The normalized spacial score (nSPS) is 16.6. The molecule has 0 aliphatic carbocycles. The zero-order valence-electron chi connectivity index (χ0n) is 10.7. The van der Waals surface area contributed by atoms with Crippen LogP contribution < -0.4 is 10.1 Å². The van der Waals surface area contributed by atoms with E-state index in [1.165, 1.54) is 0 Å². The summed E-state index contributed by atoms with van der Waals surface area (Å²) < 4.78 is 10.9. The Bertz CT molecular complexity index is 378. The predicted octanol–water partition coefficient (Wildman–Crippen LogP) is 3.58. The first-order chi connectivity index (χ1) is 8.79. The second-order valence-corrected chi connectivity index (χ2v) is 4.95. The summed E-state index contributed by atoms with van der Waals surface area (Å²) >= 11 is 6.02. The Balaban J connectivity index is 1.95. The molecule has 0 unspecified atom stereocenters. The van der Waals surface area contributed by atoms with Gasteiger partial charge in [-0.2, -0.15) is 0 Å². The van der Waals surface area contributed by atoms with Crippen LogP contribution in [0, 0.1) is 5.92 Å². The molecule has 4 heteroatoms. The number of hydrogen-bond acceptors (Lipinski definition) is 3. The van der Waals surface area contributed by atoms with Crippen LogP contribution in [0.15, 0.2) is 18.2 Å². The molecule has 1 aromatic carbocycles. The minimum Gasteiger partial charge on any atom is -0.492 e. The quantitative estimate of drug-likeness (QED) is 0.886. The third-order valence-electron chi connectivity index (χ3n) is 3.16. The molecule has 18 heavy (non-hydrogen) atoms. The second kappa shape index (κ2) is 6.86. The first-order valence-corrected chi connectivity index (χ1v) is 6.91. The van der Waals surface area contributed by atoms with Gasteiger partial charge in [-0.25, -0.2) is 0 Å². The summed E-state index contributed by atoms with van der Waals surface area (Å²) in [5, 5.41) is 4.17. The molecule has 2 rings (SSSR count). The number of halogens is 1. The minimum absolute atomic E-state index is 0.660. The van der Waals surface area contributed by atoms with Gasteiger partial charge in [-0.3, -0.25) is 0 Å². The Labute approximate surface area is 113 Å². The molecule has 1 aliphatic rings. The predicted molar refractivity (Wildman–Crippen MR) is 74.7 cm³/mol. The molecule has 100 valence electrons. The monoisotopic (exact) mass is 269 g/mol. The highest BCUT2D eigenvalue weighted by Gasteiger charge is 2.14. The van der Waals surface area contributed by atoms with Crippen LogP contribution in [-0.2, 0) is 4.74 Å². The fourth-order valence-corrected chi connectivity index (χ4v) is 2.30. The average Bonchev–Trinajstić information content (AvgIpc) is 2.40. The van der Waals surface area contributed by atoms with Crippen molar-refractivity contribution < 1.29 is 9.47 Å². The fourth-order valence-electron chi connectivity index (χ4n) is 2.13. The van der Waals surface area contributed by atoms with Crippen molar-refractivity contribution >= 4 is 17.3 Å². The molecule has 0 radical (unpaired) electrons. The summed E-state index contributed by atoms with van der Waals surface area (Å²) in [4.78, 5) is 0. The van der Waals surface area contributed by atoms with Crippen molar-refractivity contribution in [1.82, 2.24) is 0 Å². The van der Waals surface area contributed by atoms with Crippen molar-refractivity contribution in [2.75, 3.05) is 31.7 Å². The lowest BCUT2D eigenvalue weighted by molar-refractivity contribution is 0.0699. The number of anilines is 1. The van der Waals surface area contributed by atoms with Gasteiger partial charge >= 0.3 is 0 Å². The zero-order chi connectivity index (χ0) is 12.8. The van der Waals surface area contributed by atoms with Gasteiger partial charge in [0.2, 0.25) is 0 Å². The lowest BCUT2D eigenvalue weighted by Crippen LogP contribution is -2.22. The molecular formula is C14H20ClNO2. The largest absolute Gasteiger partial charge is 0.492 e. The van der Waals surface area contributed by atoms with Crippen molar-refractivity contribution in [3.05, 3.63) is 23.2 Å². The number of rotatable bonds is 5. The van der Waals surface area contributed by atoms with E-state index < -0.39 is 0 Å². The Morgan fingerprint density at radius 3 is 2.89 bits per heavy atom. The zero-order valence-corrected chi connectivity index (χ0v) is 11.5. The van der Waals surface area contributed by atoms with Gasteiger partial charge in [0, 0.05) is 24.8 Å². The van der Waals surface area contributed by atoms with E-state index in [0.29, 0.717) is 12.5 Å². The lowest BCUT2D eigenvalue weighted by Gasteiger charge is -2.23. The second-order valence-electron chi connectivity index (χ2n) is 4.51. The van der Waals surface area contributed by atoms with Crippen LogP contribution in [0.2, 0.25) is 5.02 Å². The molecule has 0 atom stereocenters. The summed E-state index contributed by atoms with van der Waals surface area (Å²) in [6.07, 6.45) is 2.25. The highest BCUT2D eigenvalue weighted by atomic mass is 35.5. The van der Waals surface area contributed by atoms with E-state index in [1.54, 1.807) is 0 Å². The van der Waals surface area contributed by atoms with E-state index in [-0.39, 0.29) is 0 Å². The molecule has 1 heterocycles. The maximum atomic E-state index is 6.02. The van der Waals surface area contributed by atoms with Crippen molar-refractivity contribution in [3.63, 3.8) is 0 Å². The van der Waals surface area contributed by atoms with Gasteiger partial charge in [0.05, 0.1) is 12.3 Å². The molecule has 0 amide bonds. The van der Waals surface area contributed by atoms with Gasteiger partial charge in [-0.05, 0) is 43.9 Å². The van der Waals surface area contributed by atoms with Crippen LogP contribution in [0.3, 0.4) is 0 Å². The van der Waals surface area contributed by atoms with Crippen LogP contribution in [0.4, 0.5) is 5.69 Å². The Morgan fingerprint density at radius 1 is 1.39 bits per heavy atom. The Morgan fingerprint density at radius 2 is 2.17 bits per heavy atom. The van der Waals surface area contributed by atoms with E-state index >= 15 is 0 Å². The summed E-state index contributed by atoms with van der Waals surface area (Å²) in [5.41, 5.74) is 0.982. The highest BCUT2D eigenvalue weighted by molar-refractivity contribution is 6.30. The maximum absolute atomic E-state index is 6.02. The molecule has 0 aromatic heterocycles. The number of nitrogens with one attached hydrogen (secondary N) is 1. The highest BCUT2D eigenvalue weighted by Crippen LogP contribution is 2.28. The SMILES string of the molecule is CCOc1ccc(Cl)cc1NCC1CCOCC1. The van der Waals surface area contributed by atoms with E-state index in [1.807, 2.05) is 25.1 Å². The van der Waals surface area contributed by atoms with Crippen molar-refractivity contribution in [2.45, 2.75) is 19.8 Å². The topological polar surface area (TPSA) is 30.5 Å². The molecule has 1 saturated heterocycles. The first kappa shape index (κ1) is 13.5. The molecule has 0 saturated carbocycles. The summed E-state index contributed by atoms with van der Waals surface area (Å²) in [5.74, 6) is 1.54. The van der Waals surface area contributed by atoms with Crippen molar-refractivity contribution in [3.8, 4) is 5.75 Å². The molecule has 3 nitrogen and oxygen atoms in total. The molecular weight excluding hydrogens is 250 g/mol. The number of ether oxygens (including phenoxy) is 2. The van der Waals surface area contributed by atoms with Crippen LogP contribution in [0.25, 0.3) is 0 Å². The maximum Gasteiger partial charge on any atom is 0.142 e. The van der Waals surface area contributed by atoms with Crippen LogP contribution in [0.5, 0.6) is 5.75 Å². The molecule has 1 aromatic rings. The van der Waals surface area contributed by atoms with Crippen molar-refractivity contribution in [1.29, 1.82) is 0 Å². The molecule has 0 bridgehead atoms. The molecule has 1 fully saturated rings. The molecule has 1 N–H and O–H groups in total. The summed E-state index contributed by atoms with van der Waals surface area (Å²) in [6.45, 7) is 5.34. The standard InChI is InChI=1S/C14H20ClNO2/c1-2-18-14-4-3-12(15)9-13(14)16-10-11-5-7-17-8-6-11/h3-4,9,11,16H,2,5-8,10H2,1H3. The first-order valence-electron chi connectivity index (χ1n) is 6.53. The average molecular weight is 270 g/mol. The fraction of sp³-hybridized carbons (Fsp3) is 0.571. The van der Waals surface area contributed by atoms with E-state index in [2.05, 4.69) is 5.32 Å². The molecule has 1 aliphatic heterocycles.